The summed E-state index contributed by atoms with van der Waals surface area (Å²) in [7, 11) is 0. The van der Waals surface area contributed by atoms with E-state index in [1.54, 1.807) is 36.4 Å². The van der Waals surface area contributed by atoms with Crippen molar-refractivity contribution in [1.82, 2.24) is 5.32 Å². The summed E-state index contributed by atoms with van der Waals surface area (Å²) in [6, 6.07) is 11.9. The molecule has 0 saturated carbocycles. The molecule has 0 aliphatic carbocycles. The molecular weight excluding hydrogens is 558 g/mol. The van der Waals surface area contributed by atoms with Gasteiger partial charge in [0.2, 0.25) is 0 Å². The number of halogens is 1. The van der Waals surface area contributed by atoms with Crippen molar-refractivity contribution in [1.29, 1.82) is 0 Å². The number of amides is 1. The van der Waals surface area contributed by atoms with Gasteiger partial charge in [-0.1, -0.05) is 24.3 Å². The van der Waals surface area contributed by atoms with Crippen LogP contribution in [-0.4, -0.2) is 23.5 Å². The minimum absolute atomic E-state index is 0. The fourth-order valence-corrected chi connectivity index (χ4v) is 1.98. The van der Waals surface area contributed by atoms with Gasteiger partial charge in [-0.15, -0.1) is 0 Å². The van der Waals surface area contributed by atoms with E-state index in [-0.39, 0.29) is 12.2 Å². The molecule has 7 heteroatoms. The summed E-state index contributed by atoms with van der Waals surface area (Å²) >= 11 is 0. The van der Waals surface area contributed by atoms with E-state index in [0.717, 1.165) is 11.1 Å². The van der Waals surface area contributed by atoms with Gasteiger partial charge in [0, 0.05) is 6.42 Å². The van der Waals surface area contributed by atoms with Crippen LogP contribution in [0.4, 0.5) is 4.39 Å². The number of carboxylic acids is 1. The Labute approximate surface area is 132 Å². The maximum atomic E-state index is 12.8. The van der Waals surface area contributed by atoms with Crippen LogP contribution in [0, 0.1) is 5.82 Å². The second kappa shape index (κ2) is 8.53. The Balaban J connectivity index is 0.00000288. The largest absolute Gasteiger partial charge is 0.520 e. The normalized spacial score (nSPS) is 11.0. The zero-order valence-electron chi connectivity index (χ0n) is 12.4. The Morgan fingerprint density at radius 2 is 1.71 bits per heavy atom. The summed E-state index contributed by atoms with van der Waals surface area (Å²) < 4.78 is 18.4. The number of hydrogen-bond acceptors (Lipinski definition) is 3. The van der Waals surface area contributed by atoms with Crippen LogP contribution in [0.5, 0.6) is 5.75 Å². The van der Waals surface area contributed by atoms with Gasteiger partial charge >= 0.3 is 5.97 Å². The van der Waals surface area contributed by atoms with Crippen LogP contribution in [0.3, 0.4) is 0 Å². The van der Waals surface area contributed by atoms with E-state index < -0.39 is 12.0 Å². The van der Waals surface area contributed by atoms with Crippen LogP contribution in [-0.2, 0) is 22.6 Å². The third-order valence-electron chi connectivity index (χ3n) is 3.21. The molecule has 2 aromatic rings. The maximum absolute atomic E-state index is 12.8. The van der Waals surface area contributed by atoms with Gasteiger partial charge in [-0.05, 0) is 35.4 Å². The van der Waals surface area contributed by atoms with E-state index in [4.69, 9.17) is 9.84 Å². The van der Waals surface area contributed by atoms with Gasteiger partial charge in [0.15, 0.2) is 0 Å². The fraction of sp³-hybridized carbons (Fsp3) is 0.176. The Hall–Kier alpha value is -3.89. The fourth-order valence-electron chi connectivity index (χ4n) is 1.98. The molecule has 0 aromatic heterocycles. The van der Waals surface area contributed by atoms with Crippen LogP contribution in [0.15, 0.2) is 48.5 Å². The first-order chi connectivity index (χ1) is 11.1. The number of carbonyl (C=O) groups excluding carboxylic acids is 1. The molecule has 0 bridgehead atoms. The molecule has 0 aliphatic heterocycles. The molecule has 2 N–H and O–H groups in total. The van der Waals surface area contributed by atoms with Gasteiger partial charge in [0.05, 0.1) is 0 Å². The van der Waals surface area contributed by atoms with Crippen LogP contribution in [0.2, 0.25) is 0 Å². The second-order valence-electron chi connectivity index (χ2n) is 4.90. The first-order valence-electron chi connectivity index (χ1n) is 6.90. The van der Waals surface area contributed by atoms with Crippen molar-refractivity contribution in [2.45, 2.75) is 19.1 Å². The number of benzene rings is 2. The van der Waals surface area contributed by atoms with Gasteiger partial charge in [0.1, 0.15) is 24.2 Å². The van der Waals surface area contributed by atoms with E-state index in [9.17, 15) is 14.0 Å². The number of ether oxygens (including phenoxy) is 1. The van der Waals surface area contributed by atoms with Crippen molar-refractivity contribution in [2.24, 2.45) is 0 Å². The van der Waals surface area contributed by atoms with Crippen molar-refractivity contribution in [3.8, 4) is 5.75 Å². The average Bonchev–Trinajstić information content (AvgIpc) is 2.55. The number of nitrogens with one attached hydrogen (secondary N) is 1. The summed E-state index contributed by atoms with van der Waals surface area (Å²) in [5.41, 5.74) is 1.58. The molecule has 1 unspecified atom stereocenters. The predicted molar refractivity (Wildman–Crippen MR) is 81.1 cm³/mol. The minimum Gasteiger partial charge on any atom is -0.520 e. The van der Waals surface area contributed by atoms with E-state index in [0.29, 0.717) is 12.4 Å². The number of carboxylic acid groups (broad SMARTS) is 1. The van der Waals surface area contributed by atoms with Crippen LogP contribution >= 0.6 is 0 Å². The molecule has 0 fully saturated rings. The quantitative estimate of drug-likeness (QED) is 0.375. The molecule has 0 radical (unpaired) electrons. The van der Waals surface area contributed by atoms with Gasteiger partial charge < -0.3 is 20.0 Å². The Morgan fingerprint density at radius 3 is 2.25 bits per heavy atom. The molecule has 0 spiro atoms. The summed E-state index contributed by atoms with van der Waals surface area (Å²) in [6.45, 7) is 0.305. The molecule has 5 nitrogen and oxygen atoms in total. The maximum Gasteiger partial charge on any atom is 0.323 e. The molecule has 132 valence electrons. The Bertz CT molecular complexity index is 661. The first-order valence-corrected chi connectivity index (χ1v) is 6.90. The molecule has 0 aliphatic rings. The smallest absolute Gasteiger partial charge is 0.323 e. The van der Waals surface area contributed by atoms with Crippen LogP contribution in [0.1, 0.15) is 11.1 Å². The number of carbonyl (C=O) groups is 1. The molecule has 24 heavy (non-hydrogen) atoms. The van der Waals surface area contributed by atoms with Gasteiger partial charge in [-0.3, -0.25) is 4.79 Å². The number of hydrogen-bond donors (Lipinski definition) is 2. The average molecular weight is 573 g/mol. The predicted octanol–water partition coefficient (Wildman–Crippen LogP) is 2.06. The van der Waals surface area contributed by atoms with Crippen molar-refractivity contribution in [3.63, 3.8) is 0 Å². The van der Waals surface area contributed by atoms with Gasteiger partial charge in [0.25, 0.3) is 0 Å². The van der Waals surface area contributed by atoms with Crippen molar-refractivity contribution < 1.29 is 23.8 Å². The molecule has 0 heterocycles. The van der Waals surface area contributed by atoms with Crippen molar-refractivity contribution >= 4 is 12.4 Å². The number of rotatable bonds is 8. The summed E-state index contributed by atoms with van der Waals surface area (Å²) in [5.74, 6) is -0.808. The molecule has 2 rings (SSSR count). The molecule has 0 saturated heterocycles. The van der Waals surface area contributed by atoms with E-state index >= 15 is 0 Å². The zero-order chi connectivity index (χ0) is 16.7. The summed E-state index contributed by atoms with van der Waals surface area (Å²) in [4.78, 5) is 21.2. The Kier molecular flexibility index (Phi) is 6.45. The van der Waals surface area contributed by atoms with Gasteiger partial charge in [-0.25, -0.2) is 4.39 Å². The molecule has 1 atom stereocenters. The van der Waals surface area contributed by atoms with E-state index in [1.165, 1.54) is 18.5 Å². The number of aliphatic carboxylic acids is 1. The first kappa shape index (κ1) is 18.2. The molecule has 1 amide bonds. The minimum atomic E-state index is -1.12. The summed E-state index contributed by atoms with van der Waals surface area (Å²) in [6.07, 6.45) is 1.55. The van der Waals surface area contributed by atoms with Crippen molar-refractivity contribution in [3.05, 3.63) is 65.5 Å². The molecule has 2 aromatic carbocycles. The second-order valence-corrected chi connectivity index (χ2v) is 4.90. The summed E-state index contributed by atoms with van der Waals surface area (Å²) in [5, 5.41) is 11.1. The SMILES string of the molecule is O=[C-]NC(Cc1ccc(OCc2ccc(F)cc2)cc1)C(=O)O.[Fm]. The van der Waals surface area contributed by atoms with Gasteiger partial charge in [-0.2, -0.15) is 6.41 Å². The zero-order valence-corrected chi connectivity index (χ0v) is 14.9. The van der Waals surface area contributed by atoms with E-state index in [1.807, 2.05) is 0 Å². The monoisotopic (exact) mass is 573 g/mol. The molecular formula is C17H15FFmNO4-. The standard InChI is InChI=1S/C17H15FNO4.Fm/c18-14-5-1-13(2-6-14)10-23-15-7-3-12(4-8-15)9-16(17(21)22)19-11-20;/h1-8,16H,9-10H2,(H,19,20)(H,21,22);/q-1;. The van der Waals surface area contributed by atoms with Crippen LogP contribution in [0.25, 0.3) is 0 Å². The van der Waals surface area contributed by atoms with Crippen LogP contribution < -0.4 is 10.1 Å². The third-order valence-corrected chi connectivity index (χ3v) is 3.21. The van der Waals surface area contributed by atoms with E-state index in [2.05, 4.69) is 5.32 Å². The van der Waals surface area contributed by atoms with Crippen molar-refractivity contribution in [2.75, 3.05) is 0 Å². The topological polar surface area (TPSA) is 75.6 Å². The Morgan fingerprint density at radius 1 is 1.12 bits per heavy atom. The third kappa shape index (κ3) is 5.14.